The maximum absolute atomic E-state index is 13.2. The van der Waals surface area contributed by atoms with Crippen LogP contribution in [-0.2, 0) is 0 Å². The largest absolute Gasteiger partial charge is 0.205 e. The van der Waals surface area contributed by atoms with Crippen LogP contribution in [0, 0.1) is 5.82 Å². The van der Waals surface area contributed by atoms with Crippen LogP contribution in [0.25, 0.3) is 10.1 Å². The normalized spacial score (nSPS) is 12.8. The highest BCUT2D eigenvalue weighted by Crippen LogP contribution is 2.39. The summed E-state index contributed by atoms with van der Waals surface area (Å²) < 4.78 is 14.5. The number of thiophene rings is 1. The van der Waals surface area contributed by atoms with E-state index in [0.717, 1.165) is 5.56 Å². The van der Waals surface area contributed by atoms with Crippen LogP contribution in [-0.4, -0.2) is 0 Å². The second-order valence-corrected chi connectivity index (χ2v) is 6.46. The summed E-state index contributed by atoms with van der Waals surface area (Å²) in [6.45, 7) is 0. The van der Waals surface area contributed by atoms with Crippen LogP contribution in [0.5, 0.6) is 0 Å². The summed E-state index contributed by atoms with van der Waals surface area (Å²) in [5.41, 5.74) is 2.14. The molecule has 0 N–H and O–H groups in total. The molecule has 1 aromatic heterocycles. The van der Waals surface area contributed by atoms with Crippen LogP contribution >= 0.6 is 38.9 Å². The molecule has 0 nitrogen and oxygen atoms in total. The molecular weight excluding hydrogens is 347 g/mol. The summed E-state index contributed by atoms with van der Waals surface area (Å²) in [6, 6.07) is 13.1. The van der Waals surface area contributed by atoms with Gasteiger partial charge in [0.15, 0.2) is 0 Å². The van der Waals surface area contributed by atoms with Crippen molar-refractivity contribution in [2.45, 2.75) is 4.83 Å². The molecule has 1 unspecified atom stereocenters. The lowest BCUT2D eigenvalue weighted by Crippen LogP contribution is -1.92. The van der Waals surface area contributed by atoms with Gasteiger partial charge in [0.1, 0.15) is 5.82 Å². The fourth-order valence-corrected chi connectivity index (χ4v) is 4.06. The number of hydrogen-bond acceptors (Lipinski definition) is 1. The van der Waals surface area contributed by atoms with E-state index in [4.69, 9.17) is 11.6 Å². The smallest absolute Gasteiger partial charge is 0.141 e. The number of fused-ring (bicyclic) bond motifs is 1. The van der Waals surface area contributed by atoms with Crippen LogP contribution in [0.15, 0.2) is 47.8 Å². The molecular formula is C15H9BrClFS. The van der Waals surface area contributed by atoms with Gasteiger partial charge in [-0.15, -0.1) is 11.3 Å². The van der Waals surface area contributed by atoms with Gasteiger partial charge in [-0.3, -0.25) is 0 Å². The van der Waals surface area contributed by atoms with Gasteiger partial charge in [0, 0.05) is 4.70 Å². The SMILES string of the molecule is Fc1ccc(C(Br)c2csc3ccccc23)cc1Cl. The number of benzene rings is 2. The third-order valence-corrected chi connectivity index (χ3v) is 5.31. The fraction of sp³-hybridized carbons (Fsp3) is 0.0667. The predicted molar refractivity (Wildman–Crippen MR) is 84.0 cm³/mol. The molecule has 0 radical (unpaired) electrons. The summed E-state index contributed by atoms with van der Waals surface area (Å²) >= 11 is 11.2. The molecule has 0 amide bonds. The first-order valence-electron chi connectivity index (χ1n) is 5.72. The zero-order valence-corrected chi connectivity index (χ0v) is 12.9. The first-order chi connectivity index (χ1) is 9.16. The summed E-state index contributed by atoms with van der Waals surface area (Å²) in [7, 11) is 0. The zero-order chi connectivity index (χ0) is 13.4. The van der Waals surface area contributed by atoms with Gasteiger partial charge in [-0.05, 0) is 40.1 Å². The van der Waals surface area contributed by atoms with Crippen molar-refractivity contribution in [2.24, 2.45) is 0 Å². The van der Waals surface area contributed by atoms with Crippen LogP contribution in [0.1, 0.15) is 16.0 Å². The van der Waals surface area contributed by atoms with Crippen molar-refractivity contribution >= 4 is 49.0 Å². The highest BCUT2D eigenvalue weighted by Gasteiger charge is 2.16. The molecule has 96 valence electrons. The molecule has 1 heterocycles. The molecule has 3 aromatic rings. The third kappa shape index (κ3) is 2.42. The number of alkyl halides is 1. The molecule has 0 spiro atoms. The van der Waals surface area contributed by atoms with Crippen LogP contribution in [0.4, 0.5) is 4.39 Å². The van der Waals surface area contributed by atoms with Gasteiger partial charge in [0.05, 0.1) is 9.85 Å². The maximum atomic E-state index is 13.2. The minimum atomic E-state index is -0.389. The van der Waals surface area contributed by atoms with Crippen LogP contribution in [0.2, 0.25) is 5.02 Å². The average Bonchev–Trinajstić information content (AvgIpc) is 2.85. The van der Waals surface area contributed by atoms with E-state index in [0.29, 0.717) is 0 Å². The Labute approximate surface area is 128 Å². The second kappa shape index (κ2) is 5.23. The van der Waals surface area contributed by atoms with Crippen molar-refractivity contribution in [1.29, 1.82) is 0 Å². The molecule has 0 aliphatic heterocycles. The summed E-state index contributed by atoms with van der Waals surface area (Å²) in [5, 5.41) is 3.50. The van der Waals surface area contributed by atoms with E-state index in [2.05, 4.69) is 33.4 Å². The molecule has 1 atom stereocenters. The van der Waals surface area contributed by atoms with E-state index in [9.17, 15) is 4.39 Å². The van der Waals surface area contributed by atoms with Crippen molar-refractivity contribution in [3.8, 4) is 0 Å². The lowest BCUT2D eigenvalue weighted by molar-refractivity contribution is 0.627. The number of halogens is 3. The molecule has 0 aliphatic rings. The van der Waals surface area contributed by atoms with Crippen molar-refractivity contribution in [3.05, 3.63) is 69.8 Å². The quantitative estimate of drug-likeness (QED) is 0.482. The Morgan fingerprint density at radius 3 is 2.74 bits per heavy atom. The fourth-order valence-electron chi connectivity index (χ4n) is 2.04. The topological polar surface area (TPSA) is 0 Å². The van der Waals surface area contributed by atoms with Gasteiger partial charge in [-0.2, -0.15) is 0 Å². The van der Waals surface area contributed by atoms with Gasteiger partial charge < -0.3 is 0 Å². The lowest BCUT2D eigenvalue weighted by atomic mass is 10.0. The van der Waals surface area contributed by atoms with E-state index in [1.807, 2.05) is 12.1 Å². The zero-order valence-electron chi connectivity index (χ0n) is 9.74. The molecule has 0 saturated heterocycles. The molecule has 0 aliphatic carbocycles. The van der Waals surface area contributed by atoms with Crippen molar-refractivity contribution in [3.63, 3.8) is 0 Å². The van der Waals surface area contributed by atoms with Gasteiger partial charge in [-0.1, -0.05) is 51.8 Å². The van der Waals surface area contributed by atoms with Gasteiger partial charge in [-0.25, -0.2) is 4.39 Å². The second-order valence-electron chi connectivity index (χ2n) is 4.22. The van der Waals surface area contributed by atoms with E-state index >= 15 is 0 Å². The molecule has 19 heavy (non-hydrogen) atoms. The predicted octanol–water partition coefficient (Wildman–Crippen LogP) is 6.18. The van der Waals surface area contributed by atoms with Crippen molar-refractivity contribution in [2.75, 3.05) is 0 Å². The van der Waals surface area contributed by atoms with Crippen LogP contribution in [0.3, 0.4) is 0 Å². The Balaban J connectivity index is 2.08. The summed E-state index contributed by atoms with van der Waals surface area (Å²) in [5.74, 6) is -0.389. The first-order valence-corrected chi connectivity index (χ1v) is 7.89. The minimum Gasteiger partial charge on any atom is -0.205 e. The summed E-state index contributed by atoms with van der Waals surface area (Å²) in [4.78, 5) is 0.0155. The van der Waals surface area contributed by atoms with E-state index in [1.54, 1.807) is 23.5 Å². The number of hydrogen-bond donors (Lipinski definition) is 0. The Morgan fingerprint density at radius 2 is 1.95 bits per heavy atom. The lowest BCUT2D eigenvalue weighted by Gasteiger charge is -2.10. The van der Waals surface area contributed by atoms with Crippen molar-refractivity contribution in [1.82, 2.24) is 0 Å². The Morgan fingerprint density at radius 1 is 1.16 bits per heavy atom. The molecule has 4 heteroatoms. The van der Waals surface area contributed by atoms with E-state index in [1.165, 1.54) is 21.7 Å². The van der Waals surface area contributed by atoms with E-state index < -0.39 is 0 Å². The Bertz CT molecular complexity index is 738. The molecule has 0 bridgehead atoms. The molecule has 0 fully saturated rings. The highest BCUT2D eigenvalue weighted by atomic mass is 79.9. The maximum Gasteiger partial charge on any atom is 0.141 e. The van der Waals surface area contributed by atoms with E-state index in [-0.39, 0.29) is 15.7 Å². The standard InChI is InChI=1S/C15H9BrClFS/c16-15(9-5-6-13(18)12(17)7-9)11-8-19-14-4-2-1-3-10(11)14/h1-8,15H. The minimum absolute atomic E-state index is 0.0155. The average molecular weight is 356 g/mol. The monoisotopic (exact) mass is 354 g/mol. The number of rotatable bonds is 2. The van der Waals surface area contributed by atoms with Gasteiger partial charge in [0.25, 0.3) is 0 Å². The molecule has 3 rings (SSSR count). The molecule has 2 aromatic carbocycles. The Hall–Kier alpha value is -0.900. The van der Waals surface area contributed by atoms with Gasteiger partial charge >= 0.3 is 0 Å². The molecule has 0 saturated carbocycles. The highest BCUT2D eigenvalue weighted by molar-refractivity contribution is 9.09. The third-order valence-electron chi connectivity index (χ3n) is 3.02. The van der Waals surface area contributed by atoms with Crippen LogP contribution < -0.4 is 0 Å². The Kier molecular flexibility index (Phi) is 3.61. The first kappa shape index (κ1) is 13.1. The van der Waals surface area contributed by atoms with Crippen molar-refractivity contribution < 1.29 is 4.39 Å². The summed E-state index contributed by atoms with van der Waals surface area (Å²) in [6.07, 6.45) is 0. The van der Waals surface area contributed by atoms with Gasteiger partial charge in [0.2, 0.25) is 0 Å².